The predicted molar refractivity (Wildman–Crippen MR) is 67.6 cm³/mol. The molecule has 1 atom stereocenters. The van der Waals surface area contributed by atoms with Crippen LogP contribution in [0.15, 0.2) is 24.3 Å². The normalized spacial score (nSPS) is 13.1. The topological polar surface area (TPSA) is 72.5 Å². The fourth-order valence-corrected chi connectivity index (χ4v) is 2.70. The molecule has 0 aliphatic carbocycles. The molecule has 90 valence electrons. The number of nitrogens with zero attached hydrogens (tertiary/aromatic N) is 1. The molecule has 0 spiro atoms. The lowest BCUT2D eigenvalue weighted by atomic mass is 10.1. The highest BCUT2D eigenvalue weighted by molar-refractivity contribution is 7.99. The van der Waals surface area contributed by atoms with Crippen molar-refractivity contribution in [2.24, 2.45) is 5.73 Å². The van der Waals surface area contributed by atoms with Crippen molar-refractivity contribution in [3.63, 3.8) is 0 Å². The van der Waals surface area contributed by atoms with Crippen LogP contribution >= 0.6 is 23.4 Å². The summed E-state index contributed by atoms with van der Waals surface area (Å²) in [5.41, 5.74) is 6.26. The molecule has 1 rings (SSSR count). The van der Waals surface area contributed by atoms with Crippen LogP contribution in [0.4, 0.5) is 0 Å². The number of nitrogens with two attached hydrogens (primary N) is 1. The average Bonchev–Trinajstić information content (AvgIpc) is 2.24. The number of hydrogen-bond acceptors (Lipinski definition) is 5. The largest absolute Gasteiger partial charge is 0.762 e. The third kappa shape index (κ3) is 4.29. The summed E-state index contributed by atoms with van der Waals surface area (Å²) in [6, 6.07) is 7.29. The molecule has 0 saturated carbocycles. The van der Waals surface area contributed by atoms with Crippen molar-refractivity contribution in [1.29, 1.82) is 0 Å². The summed E-state index contributed by atoms with van der Waals surface area (Å²) in [6.45, 7) is 0.504. The van der Waals surface area contributed by atoms with Gasteiger partial charge in [-0.25, -0.2) is 0 Å². The van der Waals surface area contributed by atoms with Crippen LogP contribution in [0.25, 0.3) is 0 Å². The van der Waals surface area contributed by atoms with E-state index in [1.807, 2.05) is 18.2 Å². The first kappa shape index (κ1) is 13.8. The van der Waals surface area contributed by atoms with Gasteiger partial charge in [0.25, 0.3) is 0 Å². The molecular weight excluding hydrogens is 248 g/mol. The van der Waals surface area contributed by atoms with Crippen LogP contribution in [0.5, 0.6) is 0 Å². The molecule has 1 aromatic rings. The predicted octanol–water partition coefficient (Wildman–Crippen LogP) is 2.26. The molecule has 4 nitrogen and oxygen atoms in total. The first-order chi connectivity index (χ1) is 7.65. The second kappa shape index (κ2) is 7.11. The third-order valence-electron chi connectivity index (χ3n) is 2.01. The zero-order chi connectivity index (χ0) is 12.0. The monoisotopic (exact) mass is 261 g/mol. The van der Waals surface area contributed by atoms with Crippen molar-refractivity contribution < 1.29 is 5.21 Å². The summed E-state index contributed by atoms with van der Waals surface area (Å²) in [7, 11) is 0. The summed E-state index contributed by atoms with van der Waals surface area (Å²) in [5, 5.41) is 19.8. The Morgan fingerprint density at radius 1 is 1.50 bits per heavy atom. The molecular formula is C10H14ClN2O2S-. The summed E-state index contributed by atoms with van der Waals surface area (Å²) in [5.74, 6) is 0.712. The number of thioether (sulfide) groups is 1. The van der Waals surface area contributed by atoms with Gasteiger partial charge in [-0.2, -0.15) is 11.8 Å². The number of halogens is 1. The van der Waals surface area contributed by atoms with E-state index >= 15 is 0 Å². The lowest BCUT2D eigenvalue weighted by Crippen LogP contribution is -2.19. The number of hydrogen-bond donors (Lipinski definition) is 2. The molecule has 0 bridgehead atoms. The SMILES string of the molecule is NCCSC(CN([O-])O)c1ccccc1Cl. The van der Waals surface area contributed by atoms with E-state index in [1.54, 1.807) is 6.07 Å². The van der Waals surface area contributed by atoms with Crippen molar-refractivity contribution in [2.45, 2.75) is 5.25 Å². The van der Waals surface area contributed by atoms with Crippen LogP contribution in [0, 0.1) is 5.21 Å². The first-order valence-corrected chi connectivity index (χ1v) is 6.27. The molecule has 1 aromatic carbocycles. The highest BCUT2D eigenvalue weighted by Gasteiger charge is 2.14. The van der Waals surface area contributed by atoms with Crippen molar-refractivity contribution in [3.8, 4) is 0 Å². The zero-order valence-electron chi connectivity index (χ0n) is 8.67. The van der Waals surface area contributed by atoms with Crippen LogP contribution in [-0.2, 0) is 0 Å². The maximum atomic E-state index is 10.7. The van der Waals surface area contributed by atoms with E-state index in [0.717, 1.165) is 5.56 Å². The summed E-state index contributed by atoms with van der Waals surface area (Å²) in [6.07, 6.45) is 0. The number of benzene rings is 1. The quantitative estimate of drug-likeness (QED) is 0.769. The Balaban J connectivity index is 2.78. The van der Waals surface area contributed by atoms with Crippen LogP contribution in [0.1, 0.15) is 10.8 Å². The molecule has 0 amide bonds. The van der Waals surface area contributed by atoms with E-state index < -0.39 is 0 Å². The molecule has 6 heteroatoms. The van der Waals surface area contributed by atoms with E-state index in [9.17, 15) is 5.21 Å². The molecule has 0 fully saturated rings. The van der Waals surface area contributed by atoms with Gasteiger partial charge in [0.15, 0.2) is 0 Å². The molecule has 0 aliphatic heterocycles. The van der Waals surface area contributed by atoms with E-state index in [4.69, 9.17) is 22.5 Å². The van der Waals surface area contributed by atoms with Gasteiger partial charge < -0.3 is 16.1 Å². The minimum Gasteiger partial charge on any atom is -0.762 e. The van der Waals surface area contributed by atoms with Crippen molar-refractivity contribution in [1.82, 2.24) is 5.23 Å². The molecule has 0 aromatic heterocycles. The Labute approximate surface area is 104 Å². The standard InChI is InChI=1S/C10H14ClN2O2S/c11-9-4-2-1-3-8(9)10(7-13(14)15)16-6-5-12/h1-4,10,14H,5-7,12H2/q-1. The molecule has 0 saturated heterocycles. The van der Waals surface area contributed by atoms with Crippen LogP contribution < -0.4 is 5.73 Å². The molecule has 3 N–H and O–H groups in total. The van der Waals surface area contributed by atoms with E-state index in [0.29, 0.717) is 17.3 Å². The van der Waals surface area contributed by atoms with Crippen LogP contribution in [-0.4, -0.2) is 29.3 Å². The minimum absolute atomic E-state index is 0.0194. The highest BCUT2D eigenvalue weighted by Crippen LogP contribution is 2.33. The molecule has 0 aliphatic rings. The van der Waals surface area contributed by atoms with E-state index in [2.05, 4.69) is 0 Å². The van der Waals surface area contributed by atoms with Gasteiger partial charge in [0, 0.05) is 29.1 Å². The van der Waals surface area contributed by atoms with Gasteiger partial charge in [0.05, 0.1) is 0 Å². The van der Waals surface area contributed by atoms with Gasteiger partial charge in [0.1, 0.15) is 0 Å². The molecule has 0 heterocycles. The van der Waals surface area contributed by atoms with Gasteiger partial charge in [-0.05, 0) is 11.6 Å². The summed E-state index contributed by atoms with van der Waals surface area (Å²) in [4.78, 5) is 0. The highest BCUT2D eigenvalue weighted by atomic mass is 35.5. The zero-order valence-corrected chi connectivity index (χ0v) is 10.2. The van der Waals surface area contributed by atoms with Crippen molar-refractivity contribution in [3.05, 3.63) is 40.1 Å². The van der Waals surface area contributed by atoms with Gasteiger partial charge in [0.2, 0.25) is 0 Å². The van der Waals surface area contributed by atoms with E-state index in [-0.39, 0.29) is 17.0 Å². The van der Waals surface area contributed by atoms with Crippen LogP contribution in [0.2, 0.25) is 5.02 Å². The van der Waals surface area contributed by atoms with Gasteiger partial charge in [-0.3, -0.25) is 5.23 Å². The lowest BCUT2D eigenvalue weighted by molar-refractivity contribution is -0.0398. The number of hydroxylamine groups is 2. The Bertz CT molecular complexity index is 325. The van der Waals surface area contributed by atoms with E-state index in [1.165, 1.54) is 11.8 Å². The Morgan fingerprint density at radius 2 is 2.19 bits per heavy atom. The fourth-order valence-electron chi connectivity index (χ4n) is 1.33. The summed E-state index contributed by atoms with van der Waals surface area (Å²) >= 11 is 7.54. The lowest BCUT2D eigenvalue weighted by Gasteiger charge is -2.26. The fraction of sp³-hybridized carbons (Fsp3) is 0.400. The van der Waals surface area contributed by atoms with Crippen molar-refractivity contribution in [2.75, 3.05) is 18.8 Å². The van der Waals surface area contributed by atoms with Gasteiger partial charge >= 0.3 is 0 Å². The minimum atomic E-state index is -0.167. The maximum absolute atomic E-state index is 10.7. The molecule has 16 heavy (non-hydrogen) atoms. The Kier molecular flexibility index (Phi) is 6.12. The second-order valence-corrected chi connectivity index (χ2v) is 4.92. The third-order valence-corrected chi connectivity index (χ3v) is 3.63. The Hall–Kier alpha value is -0.300. The smallest absolute Gasteiger partial charge is 0.0451 e. The van der Waals surface area contributed by atoms with Gasteiger partial charge in [-0.15, -0.1) is 0 Å². The van der Waals surface area contributed by atoms with Gasteiger partial charge in [-0.1, -0.05) is 29.8 Å². The summed E-state index contributed by atoms with van der Waals surface area (Å²) < 4.78 is 0. The Morgan fingerprint density at radius 3 is 2.75 bits per heavy atom. The first-order valence-electron chi connectivity index (χ1n) is 4.84. The molecule has 0 radical (unpaired) electrons. The average molecular weight is 262 g/mol. The molecule has 1 unspecified atom stereocenters. The van der Waals surface area contributed by atoms with Crippen LogP contribution in [0.3, 0.4) is 0 Å². The number of rotatable bonds is 6. The van der Waals surface area contributed by atoms with Crippen molar-refractivity contribution >= 4 is 23.4 Å². The second-order valence-electron chi connectivity index (χ2n) is 3.20. The maximum Gasteiger partial charge on any atom is 0.0451 e.